The maximum Gasteiger partial charge on any atom is 0.246 e. The first kappa shape index (κ1) is 18.6. The molecule has 1 aromatic heterocycles. The molecule has 0 N–H and O–H groups in total. The van der Waals surface area contributed by atoms with E-state index >= 15 is 0 Å². The van der Waals surface area contributed by atoms with Crippen molar-refractivity contribution in [3.8, 4) is 5.88 Å². The normalized spacial score (nSPS) is 24.0. The van der Waals surface area contributed by atoms with Gasteiger partial charge in [-0.25, -0.2) is 0 Å². The summed E-state index contributed by atoms with van der Waals surface area (Å²) in [5, 5.41) is 0. The molecular formula is C19H27FN4O2. The topological polar surface area (TPSA) is 48.9 Å². The number of anilines is 1. The monoisotopic (exact) mass is 362 g/mol. The molecule has 2 aliphatic heterocycles. The van der Waals surface area contributed by atoms with E-state index in [1.807, 2.05) is 6.92 Å². The van der Waals surface area contributed by atoms with Gasteiger partial charge in [-0.05, 0) is 39.4 Å². The number of nitrogens with zero attached hydrogens (tertiary/aromatic N) is 4. The largest absolute Gasteiger partial charge is 0.476 e. The number of piperazine rings is 1. The van der Waals surface area contributed by atoms with Crippen molar-refractivity contribution in [3.63, 3.8) is 0 Å². The molecule has 0 unspecified atom stereocenters. The van der Waals surface area contributed by atoms with Crippen LogP contribution < -0.4 is 9.64 Å². The minimum absolute atomic E-state index is 0.0675. The van der Waals surface area contributed by atoms with E-state index in [-0.39, 0.29) is 11.9 Å². The maximum atomic E-state index is 14.0. The van der Waals surface area contributed by atoms with Gasteiger partial charge in [0.15, 0.2) is 0 Å². The zero-order valence-corrected chi connectivity index (χ0v) is 15.5. The van der Waals surface area contributed by atoms with Gasteiger partial charge >= 0.3 is 0 Å². The molecule has 3 heterocycles. The van der Waals surface area contributed by atoms with E-state index in [4.69, 9.17) is 4.74 Å². The number of likely N-dealkylation sites (N-methyl/N-ethyl adjacent to an activating group) is 1. The van der Waals surface area contributed by atoms with Crippen LogP contribution >= 0.6 is 0 Å². The Morgan fingerprint density at radius 1 is 1.42 bits per heavy atom. The van der Waals surface area contributed by atoms with E-state index in [1.165, 1.54) is 12.1 Å². The lowest BCUT2D eigenvalue weighted by atomic mass is 10.1. The number of hydrogen-bond donors (Lipinski definition) is 0. The lowest BCUT2D eigenvalue weighted by Gasteiger charge is -2.41. The van der Waals surface area contributed by atoms with Gasteiger partial charge in [0, 0.05) is 49.5 Å². The molecule has 2 saturated heterocycles. The quantitative estimate of drug-likeness (QED) is 0.592. The molecule has 0 radical (unpaired) electrons. The van der Waals surface area contributed by atoms with Crippen LogP contribution in [-0.2, 0) is 4.79 Å². The van der Waals surface area contributed by atoms with Crippen LogP contribution in [0.15, 0.2) is 24.8 Å². The number of likely N-dealkylation sites (tertiary alicyclic amines) is 1. The van der Waals surface area contributed by atoms with Gasteiger partial charge in [-0.15, -0.1) is 0 Å². The van der Waals surface area contributed by atoms with Gasteiger partial charge in [0.1, 0.15) is 6.61 Å². The van der Waals surface area contributed by atoms with E-state index in [1.54, 1.807) is 11.0 Å². The van der Waals surface area contributed by atoms with Crippen molar-refractivity contribution in [3.05, 3.63) is 30.7 Å². The number of aromatic nitrogens is 1. The number of pyridine rings is 1. The summed E-state index contributed by atoms with van der Waals surface area (Å²) in [6, 6.07) is 3.65. The molecule has 6 nitrogen and oxygen atoms in total. The summed E-state index contributed by atoms with van der Waals surface area (Å²) in [7, 11) is 2.08. The Morgan fingerprint density at radius 3 is 2.88 bits per heavy atom. The molecule has 26 heavy (non-hydrogen) atoms. The Kier molecular flexibility index (Phi) is 5.76. The molecule has 0 aromatic carbocycles. The molecule has 142 valence electrons. The average Bonchev–Trinajstić information content (AvgIpc) is 3.03. The van der Waals surface area contributed by atoms with Crippen LogP contribution in [0.25, 0.3) is 0 Å². The zero-order chi connectivity index (χ0) is 18.7. The Bertz CT molecular complexity index is 669. The van der Waals surface area contributed by atoms with E-state index in [2.05, 4.69) is 28.4 Å². The Labute approximate surface area is 154 Å². The number of hydrogen-bond acceptors (Lipinski definition) is 5. The van der Waals surface area contributed by atoms with Crippen molar-refractivity contribution in [1.29, 1.82) is 0 Å². The molecular weight excluding hydrogens is 335 g/mol. The van der Waals surface area contributed by atoms with E-state index in [9.17, 15) is 9.18 Å². The molecule has 2 atom stereocenters. The standard InChI is InChI=1S/C19H27FN4O2/c1-4-19(25)23-8-9-24(14(2)12-23)16-10-17(20)21-18(11-16)26-13-15-6-5-7-22(15)3/h4,10-11,14-15H,1,5-9,12-13H2,2-3H3/t14-,15-/m0/s1. The van der Waals surface area contributed by atoms with Crippen LogP contribution in [0.4, 0.5) is 10.1 Å². The van der Waals surface area contributed by atoms with Gasteiger partial charge in [0.2, 0.25) is 17.7 Å². The highest BCUT2D eigenvalue weighted by Crippen LogP contribution is 2.25. The molecule has 0 bridgehead atoms. The highest BCUT2D eigenvalue weighted by atomic mass is 19.1. The molecule has 0 spiro atoms. The minimum atomic E-state index is -0.547. The second-order valence-electron chi connectivity index (χ2n) is 7.10. The summed E-state index contributed by atoms with van der Waals surface area (Å²) < 4.78 is 19.8. The highest BCUT2D eigenvalue weighted by molar-refractivity contribution is 5.87. The molecule has 1 aromatic rings. The number of amides is 1. The lowest BCUT2D eigenvalue weighted by molar-refractivity contribution is -0.126. The number of halogens is 1. The first-order valence-corrected chi connectivity index (χ1v) is 9.16. The van der Waals surface area contributed by atoms with Crippen LogP contribution in [0.5, 0.6) is 5.88 Å². The third-order valence-corrected chi connectivity index (χ3v) is 5.30. The third kappa shape index (κ3) is 4.15. The van der Waals surface area contributed by atoms with Gasteiger partial charge in [-0.2, -0.15) is 9.37 Å². The van der Waals surface area contributed by atoms with E-state index < -0.39 is 5.95 Å². The Morgan fingerprint density at radius 2 is 2.23 bits per heavy atom. The summed E-state index contributed by atoms with van der Waals surface area (Å²) in [5.41, 5.74) is 0.741. The fourth-order valence-corrected chi connectivity index (χ4v) is 3.74. The van der Waals surface area contributed by atoms with Crippen molar-refractivity contribution in [2.45, 2.75) is 31.8 Å². The van der Waals surface area contributed by atoms with Crippen molar-refractivity contribution in [1.82, 2.24) is 14.8 Å². The van der Waals surface area contributed by atoms with Gasteiger partial charge in [-0.3, -0.25) is 4.79 Å². The highest BCUT2D eigenvalue weighted by Gasteiger charge is 2.27. The van der Waals surface area contributed by atoms with Crippen LogP contribution in [0, 0.1) is 5.95 Å². The second-order valence-corrected chi connectivity index (χ2v) is 7.10. The molecule has 2 fully saturated rings. The summed E-state index contributed by atoms with van der Waals surface area (Å²) >= 11 is 0. The Hall–Kier alpha value is -2.15. The average molecular weight is 362 g/mol. The number of carbonyl (C=O) groups is 1. The molecule has 0 aliphatic carbocycles. The number of carbonyl (C=O) groups excluding carboxylic acids is 1. The van der Waals surface area contributed by atoms with Crippen LogP contribution in [-0.4, -0.2) is 72.6 Å². The summed E-state index contributed by atoms with van der Waals surface area (Å²) in [6.07, 6.45) is 3.59. The van der Waals surface area contributed by atoms with E-state index in [0.717, 1.165) is 25.1 Å². The third-order valence-electron chi connectivity index (χ3n) is 5.30. The van der Waals surface area contributed by atoms with Gasteiger partial charge in [0.25, 0.3) is 0 Å². The lowest BCUT2D eigenvalue weighted by Crippen LogP contribution is -2.53. The molecule has 2 aliphatic rings. The van der Waals surface area contributed by atoms with Crippen molar-refractivity contribution in [2.24, 2.45) is 0 Å². The SMILES string of the molecule is C=CC(=O)N1CCN(c2cc(F)nc(OC[C@@H]3CCCN3C)c2)[C@@H](C)C1. The van der Waals surface area contributed by atoms with Crippen LogP contribution in [0.3, 0.4) is 0 Å². The zero-order valence-electron chi connectivity index (χ0n) is 15.5. The van der Waals surface area contributed by atoms with Crippen molar-refractivity contribution in [2.75, 3.05) is 44.7 Å². The van der Waals surface area contributed by atoms with E-state index in [0.29, 0.717) is 38.2 Å². The predicted molar refractivity (Wildman–Crippen MR) is 98.9 cm³/mol. The van der Waals surface area contributed by atoms with Crippen molar-refractivity contribution < 1.29 is 13.9 Å². The van der Waals surface area contributed by atoms with Gasteiger partial charge in [0.05, 0.1) is 0 Å². The fraction of sp³-hybridized carbons (Fsp3) is 0.579. The van der Waals surface area contributed by atoms with Crippen molar-refractivity contribution >= 4 is 11.6 Å². The van der Waals surface area contributed by atoms with Crippen LogP contribution in [0.1, 0.15) is 19.8 Å². The smallest absolute Gasteiger partial charge is 0.246 e. The predicted octanol–water partition coefficient (Wildman–Crippen LogP) is 1.92. The summed E-state index contributed by atoms with van der Waals surface area (Å²) in [5.74, 6) is -0.298. The first-order valence-electron chi connectivity index (χ1n) is 9.16. The molecule has 3 rings (SSSR count). The first-order chi connectivity index (χ1) is 12.5. The number of rotatable bonds is 5. The maximum absolute atomic E-state index is 14.0. The Balaban J connectivity index is 1.67. The fourth-order valence-electron chi connectivity index (χ4n) is 3.74. The summed E-state index contributed by atoms with van der Waals surface area (Å²) in [4.78, 5) is 21.8. The van der Waals surface area contributed by atoms with Gasteiger partial charge < -0.3 is 19.4 Å². The molecule has 7 heteroatoms. The molecule has 1 amide bonds. The summed E-state index contributed by atoms with van der Waals surface area (Å²) in [6.45, 7) is 8.95. The number of ether oxygens (including phenoxy) is 1. The van der Waals surface area contributed by atoms with Gasteiger partial charge in [-0.1, -0.05) is 6.58 Å². The van der Waals surface area contributed by atoms with Crippen LogP contribution in [0.2, 0.25) is 0 Å². The second kappa shape index (κ2) is 8.03. The minimum Gasteiger partial charge on any atom is -0.476 e. The molecule has 0 saturated carbocycles.